The molecular weight excluding hydrogens is 276 g/mol. The summed E-state index contributed by atoms with van der Waals surface area (Å²) in [4.78, 5) is 34.8. The Morgan fingerprint density at radius 1 is 1.38 bits per heavy atom. The number of carbonyl (C=O) groups is 2. The summed E-state index contributed by atoms with van der Waals surface area (Å²) < 4.78 is 4.96. The zero-order valence-corrected chi connectivity index (χ0v) is 11.8. The molecule has 1 aliphatic carbocycles. The van der Waals surface area contributed by atoms with Crippen molar-refractivity contribution in [3.8, 4) is 0 Å². The normalized spacial score (nSPS) is 19.7. The third-order valence-electron chi connectivity index (χ3n) is 3.57. The number of rotatable bonds is 5. The van der Waals surface area contributed by atoms with Gasteiger partial charge in [0.2, 0.25) is 0 Å². The van der Waals surface area contributed by atoms with Crippen LogP contribution in [0.5, 0.6) is 0 Å². The molecule has 1 saturated carbocycles. The molecule has 7 nitrogen and oxygen atoms in total. The molecule has 1 amide bonds. The van der Waals surface area contributed by atoms with E-state index >= 15 is 0 Å². The number of ether oxygens (including phenoxy) is 1. The first-order valence-corrected chi connectivity index (χ1v) is 6.58. The smallest absolute Gasteiger partial charge is 0.309 e. The number of hydrogen-bond donors (Lipinski definition) is 0. The number of non-ortho nitro benzene ring substituents is 1. The van der Waals surface area contributed by atoms with E-state index in [0.29, 0.717) is 11.6 Å². The monoisotopic (exact) mass is 292 g/mol. The highest BCUT2D eigenvalue weighted by Gasteiger charge is 2.40. The van der Waals surface area contributed by atoms with Crippen LogP contribution < -0.4 is 4.90 Å². The Kier molecular flexibility index (Phi) is 4.21. The summed E-state index contributed by atoms with van der Waals surface area (Å²) in [6, 6.07) is 5.58. The Balaban J connectivity index is 1.89. The van der Waals surface area contributed by atoms with Crippen LogP contribution in [0.2, 0.25) is 0 Å². The maximum atomic E-state index is 11.9. The molecule has 0 radical (unpaired) electrons. The quantitative estimate of drug-likeness (QED) is 0.468. The van der Waals surface area contributed by atoms with E-state index in [0.717, 1.165) is 6.42 Å². The summed E-state index contributed by atoms with van der Waals surface area (Å²) in [7, 11) is 1.52. The Labute approximate surface area is 121 Å². The summed E-state index contributed by atoms with van der Waals surface area (Å²) in [6.07, 6.45) is 0.811. The minimum Gasteiger partial charge on any atom is -0.455 e. The van der Waals surface area contributed by atoms with E-state index in [2.05, 4.69) is 0 Å². The molecule has 21 heavy (non-hydrogen) atoms. The molecule has 1 aromatic rings. The summed E-state index contributed by atoms with van der Waals surface area (Å²) >= 11 is 0. The van der Waals surface area contributed by atoms with E-state index in [1.54, 1.807) is 0 Å². The van der Waals surface area contributed by atoms with Gasteiger partial charge in [-0.05, 0) is 24.5 Å². The third kappa shape index (κ3) is 3.56. The molecular formula is C14H16N2O5. The summed E-state index contributed by atoms with van der Waals surface area (Å²) in [5, 5.41) is 10.6. The van der Waals surface area contributed by atoms with E-state index in [1.807, 2.05) is 6.92 Å². The highest BCUT2D eigenvalue weighted by Crippen LogP contribution is 2.38. The molecule has 7 heteroatoms. The van der Waals surface area contributed by atoms with Gasteiger partial charge >= 0.3 is 5.97 Å². The highest BCUT2D eigenvalue weighted by molar-refractivity contribution is 5.95. The fourth-order valence-corrected chi connectivity index (χ4v) is 1.93. The molecule has 0 unspecified atom stereocenters. The second-order valence-electron chi connectivity index (χ2n) is 5.15. The Hall–Kier alpha value is -2.44. The lowest BCUT2D eigenvalue weighted by molar-refractivity contribution is -0.384. The van der Waals surface area contributed by atoms with Gasteiger partial charge in [-0.25, -0.2) is 0 Å². The van der Waals surface area contributed by atoms with Crippen molar-refractivity contribution in [2.75, 3.05) is 18.6 Å². The van der Waals surface area contributed by atoms with Crippen LogP contribution >= 0.6 is 0 Å². The number of likely N-dealkylation sites (N-methyl/N-ethyl adjacent to an activating group) is 1. The molecule has 0 aromatic heterocycles. The number of nitrogens with zero attached hydrogens (tertiary/aromatic N) is 2. The SMILES string of the molecule is C[C@@H]1C[C@H]1C(=O)OCC(=O)N(C)c1ccc([N+](=O)[O-])cc1. The minimum absolute atomic E-state index is 0.0475. The van der Waals surface area contributed by atoms with E-state index in [1.165, 1.54) is 36.2 Å². The Morgan fingerprint density at radius 2 is 1.95 bits per heavy atom. The zero-order chi connectivity index (χ0) is 15.6. The maximum absolute atomic E-state index is 11.9. The van der Waals surface area contributed by atoms with Crippen LogP contribution in [0.4, 0.5) is 11.4 Å². The molecule has 1 fully saturated rings. The topological polar surface area (TPSA) is 89.8 Å². The first-order chi connectivity index (χ1) is 9.90. The van der Waals surface area contributed by atoms with Crippen LogP contribution in [0.25, 0.3) is 0 Å². The fraction of sp³-hybridized carbons (Fsp3) is 0.429. The minimum atomic E-state index is -0.510. The van der Waals surface area contributed by atoms with Gasteiger partial charge < -0.3 is 9.64 Å². The average molecular weight is 292 g/mol. The van der Waals surface area contributed by atoms with Gasteiger partial charge in [-0.3, -0.25) is 19.7 Å². The van der Waals surface area contributed by atoms with E-state index in [9.17, 15) is 19.7 Å². The number of amides is 1. The number of anilines is 1. The molecule has 112 valence electrons. The number of nitro benzene ring substituents is 1. The van der Waals surface area contributed by atoms with Crippen molar-refractivity contribution < 1.29 is 19.2 Å². The van der Waals surface area contributed by atoms with Gasteiger partial charge in [0.15, 0.2) is 6.61 Å². The van der Waals surface area contributed by atoms with Crippen LogP contribution in [0.15, 0.2) is 24.3 Å². The van der Waals surface area contributed by atoms with Crippen LogP contribution in [-0.4, -0.2) is 30.5 Å². The number of carbonyl (C=O) groups excluding carboxylic acids is 2. The first-order valence-electron chi connectivity index (χ1n) is 6.58. The summed E-state index contributed by atoms with van der Waals surface area (Å²) in [5.74, 6) is -0.471. The van der Waals surface area contributed by atoms with Crippen molar-refractivity contribution in [3.05, 3.63) is 34.4 Å². The lowest BCUT2D eigenvalue weighted by Crippen LogP contribution is -2.31. The fourth-order valence-electron chi connectivity index (χ4n) is 1.93. The standard InChI is InChI=1S/C14H16N2O5/c1-9-7-12(9)14(18)21-8-13(17)15(2)10-3-5-11(6-4-10)16(19)20/h3-6,9,12H,7-8H2,1-2H3/t9-,12-/m1/s1. The van der Waals surface area contributed by atoms with E-state index in [-0.39, 0.29) is 30.1 Å². The van der Waals surface area contributed by atoms with Crippen molar-refractivity contribution in [2.24, 2.45) is 11.8 Å². The van der Waals surface area contributed by atoms with E-state index < -0.39 is 4.92 Å². The van der Waals surface area contributed by atoms with Gasteiger partial charge in [0.25, 0.3) is 11.6 Å². The number of benzene rings is 1. The van der Waals surface area contributed by atoms with Gasteiger partial charge in [0.1, 0.15) is 0 Å². The Morgan fingerprint density at radius 3 is 2.43 bits per heavy atom. The average Bonchev–Trinajstić information content (AvgIpc) is 3.20. The van der Waals surface area contributed by atoms with Crippen LogP contribution in [-0.2, 0) is 14.3 Å². The maximum Gasteiger partial charge on any atom is 0.309 e. The van der Waals surface area contributed by atoms with Crippen molar-refractivity contribution in [1.82, 2.24) is 0 Å². The van der Waals surface area contributed by atoms with Crippen LogP contribution in [0.1, 0.15) is 13.3 Å². The van der Waals surface area contributed by atoms with Crippen molar-refractivity contribution in [2.45, 2.75) is 13.3 Å². The van der Waals surface area contributed by atoms with Gasteiger partial charge in [0.05, 0.1) is 10.8 Å². The molecule has 0 N–H and O–H groups in total. The zero-order valence-electron chi connectivity index (χ0n) is 11.8. The second-order valence-corrected chi connectivity index (χ2v) is 5.15. The molecule has 0 heterocycles. The first kappa shape index (κ1) is 15.0. The summed E-state index contributed by atoms with van der Waals surface area (Å²) in [5.41, 5.74) is 0.454. The molecule has 0 saturated heterocycles. The molecule has 1 aliphatic rings. The lowest BCUT2D eigenvalue weighted by atomic mass is 10.2. The lowest BCUT2D eigenvalue weighted by Gasteiger charge is -2.17. The predicted octanol–water partition coefficient (Wildman–Crippen LogP) is 1.76. The van der Waals surface area contributed by atoms with Gasteiger partial charge in [-0.15, -0.1) is 0 Å². The van der Waals surface area contributed by atoms with Gasteiger partial charge in [0, 0.05) is 24.9 Å². The van der Waals surface area contributed by atoms with E-state index in [4.69, 9.17) is 4.74 Å². The molecule has 0 spiro atoms. The summed E-state index contributed by atoms with van der Waals surface area (Å²) in [6.45, 7) is 1.63. The van der Waals surface area contributed by atoms with Gasteiger partial charge in [-0.2, -0.15) is 0 Å². The number of esters is 1. The van der Waals surface area contributed by atoms with Crippen LogP contribution in [0, 0.1) is 22.0 Å². The molecule has 0 aliphatic heterocycles. The molecule has 0 bridgehead atoms. The van der Waals surface area contributed by atoms with Crippen molar-refractivity contribution in [1.29, 1.82) is 0 Å². The highest BCUT2D eigenvalue weighted by atomic mass is 16.6. The van der Waals surface area contributed by atoms with Crippen molar-refractivity contribution in [3.63, 3.8) is 0 Å². The largest absolute Gasteiger partial charge is 0.455 e. The Bertz CT molecular complexity index is 569. The third-order valence-corrected chi connectivity index (χ3v) is 3.57. The van der Waals surface area contributed by atoms with Crippen LogP contribution in [0.3, 0.4) is 0 Å². The number of hydrogen-bond acceptors (Lipinski definition) is 5. The molecule has 2 atom stereocenters. The predicted molar refractivity (Wildman–Crippen MR) is 74.7 cm³/mol. The molecule has 2 rings (SSSR count). The second kappa shape index (κ2) is 5.90. The van der Waals surface area contributed by atoms with Crippen molar-refractivity contribution >= 4 is 23.3 Å². The molecule has 1 aromatic carbocycles. The number of nitro groups is 1. The van der Waals surface area contributed by atoms with Gasteiger partial charge in [-0.1, -0.05) is 6.92 Å².